The summed E-state index contributed by atoms with van der Waals surface area (Å²) in [6, 6.07) is 0. The summed E-state index contributed by atoms with van der Waals surface area (Å²) >= 11 is 1.78. The first-order valence-corrected chi connectivity index (χ1v) is 6.86. The van der Waals surface area contributed by atoms with E-state index in [0.717, 1.165) is 29.2 Å². The molecule has 1 rings (SSSR count). The number of hydrogen-bond donors (Lipinski definition) is 1. The fraction of sp³-hybridized carbons (Fsp3) is 0.818. The predicted octanol–water partition coefficient (Wildman–Crippen LogP) is 2.07. The molecule has 0 fully saturated rings. The molecule has 0 bridgehead atoms. The lowest BCUT2D eigenvalue weighted by atomic mass is 10.1. The summed E-state index contributed by atoms with van der Waals surface area (Å²) in [7, 11) is 0. The van der Waals surface area contributed by atoms with Crippen molar-refractivity contribution in [2.75, 3.05) is 12.3 Å². The van der Waals surface area contributed by atoms with Crippen LogP contribution in [-0.4, -0.2) is 27.1 Å². The molecule has 0 saturated carbocycles. The van der Waals surface area contributed by atoms with Crippen LogP contribution in [0.3, 0.4) is 0 Å². The Morgan fingerprint density at radius 1 is 1.38 bits per heavy atom. The first kappa shape index (κ1) is 13.5. The van der Waals surface area contributed by atoms with Crippen molar-refractivity contribution in [2.24, 2.45) is 11.7 Å². The normalized spacial score (nSPS) is 11.3. The minimum Gasteiger partial charge on any atom is -0.329 e. The standard InChI is InChI=1S/C11H22N4S/c1-9(2)5-4-8-16-11-14-13-10(3)15(11)7-6-12/h9H,4-8,12H2,1-3H3. The largest absolute Gasteiger partial charge is 0.329 e. The molecule has 0 aliphatic carbocycles. The number of aromatic nitrogens is 3. The van der Waals surface area contributed by atoms with E-state index in [1.165, 1.54) is 12.8 Å². The third kappa shape index (κ3) is 4.14. The maximum absolute atomic E-state index is 5.57. The summed E-state index contributed by atoms with van der Waals surface area (Å²) in [6.07, 6.45) is 2.51. The van der Waals surface area contributed by atoms with Crippen molar-refractivity contribution in [3.63, 3.8) is 0 Å². The highest BCUT2D eigenvalue weighted by atomic mass is 32.2. The third-order valence-electron chi connectivity index (χ3n) is 2.41. The third-order valence-corrected chi connectivity index (χ3v) is 3.46. The van der Waals surface area contributed by atoms with E-state index in [1.807, 2.05) is 6.92 Å². The molecule has 0 saturated heterocycles. The molecular formula is C11H22N4S. The Balaban J connectivity index is 2.41. The molecule has 0 radical (unpaired) electrons. The SMILES string of the molecule is Cc1nnc(SCCCC(C)C)n1CCN. The molecule has 16 heavy (non-hydrogen) atoms. The molecule has 1 heterocycles. The Labute approximate surface area is 102 Å². The van der Waals surface area contributed by atoms with Crippen molar-refractivity contribution in [1.29, 1.82) is 0 Å². The maximum atomic E-state index is 5.57. The molecule has 5 heteroatoms. The lowest BCUT2D eigenvalue weighted by Gasteiger charge is -2.07. The summed E-state index contributed by atoms with van der Waals surface area (Å²) in [4.78, 5) is 0. The number of nitrogens with two attached hydrogens (primary N) is 1. The molecular weight excluding hydrogens is 220 g/mol. The minimum absolute atomic E-state index is 0.637. The Morgan fingerprint density at radius 3 is 2.75 bits per heavy atom. The van der Waals surface area contributed by atoms with Crippen LogP contribution in [0.25, 0.3) is 0 Å². The van der Waals surface area contributed by atoms with Crippen molar-refractivity contribution < 1.29 is 0 Å². The van der Waals surface area contributed by atoms with Gasteiger partial charge in [-0.15, -0.1) is 10.2 Å². The average molecular weight is 242 g/mol. The van der Waals surface area contributed by atoms with Gasteiger partial charge in [0.05, 0.1) is 0 Å². The zero-order chi connectivity index (χ0) is 12.0. The second kappa shape index (κ2) is 6.91. The van der Waals surface area contributed by atoms with Crippen LogP contribution >= 0.6 is 11.8 Å². The molecule has 1 aromatic rings. The van der Waals surface area contributed by atoms with Gasteiger partial charge >= 0.3 is 0 Å². The number of rotatable bonds is 7. The fourth-order valence-electron chi connectivity index (χ4n) is 1.51. The maximum Gasteiger partial charge on any atom is 0.191 e. The number of nitrogens with zero attached hydrogens (tertiary/aromatic N) is 3. The van der Waals surface area contributed by atoms with E-state index in [1.54, 1.807) is 11.8 Å². The second-order valence-corrected chi connectivity index (χ2v) is 5.42. The number of hydrogen-bond acceptors (Lipinski definition) is 4. The smallest absolute Gasteiger partial charge is 0.191 e. The van der Waals surface area contributed by atoms with E-state index in [-0.39, 0.29) is 0 Å². The predicted molar refractivity (Wildman–Crippen MR) is 68.6 cm³/mol. The van der Waals surface area contributed by atoms with E-state index in [2.05, 4.69) is 28.6 Å². The summed E-state index contributed by atoms with van der Waals surface area (Å²) in [5.41, 5.74) is 5.57. The van der Waals surface area contributed by atoms with E-state index < -0.39 is 0 Å². The van der Waals surface area contributed by atoms with Crippen LogP contribution in [0.1, 0.15) is 32.5 Å². The summed E-state index contributed by atoms with van der Waals surface area (Å²) < 4.78 is 2.10. The Morgan fingerprint density at radius 2 is 2.12 bits per heavy atom. The zero-order valence-corrected chi connectivity index (χ0v) is 11.3. The van der Waals surface area contributed by atoms with Gasteiger partial charge in [-0.1, -0.05) is 32.0 Å². The second-order valence-electron chi connectivity index (χ2n) is 4.35. The van der Waals surface area contributed by atoms with Gasteiger partial charge in [0.15, 0.2) is 5.16 Å². The highest BCUT2D eigenvalue weighted by Gasteiger charge is 2.08. The van der Waals surface area contributed by atoms with Gasteiger partial charge in [0.2, 0.25) is 0 Å². The Hall–Kier alpha value is -0.550. The van der Waals surface area contributed by atoms with Crippen molar-refractivity contribution in [3.05, 3.63) is 5.82 Å². The van der Waals surface area contributed by atoms with Crippen molar-refractivity contribution in [1.82, 2.24) is 14.8 Å². The molecule has 0 amide bonds. The first-order valence-electron chi connectivity index (χ1n) is 5.87. The van der Waals surface area contributed by atoms with E-state index in [9.17, 15) is 0 Å². The van der Waals surface area contributed by atoms with E-state index in [0.29, 0.717) is 6.54 Å². The van der Waals surface area contributed by atoms with Gasteiger partial charge in [-0.05, 0) is 19.3 Å². The number of aryl methyl sites for hydroxylation is 1. The number of thioether (sulfide) groups is 1. The van der Waals surface area contributed by atoms with Crippen LogP contribution in [0.4, 0.5) is 0 Å². The minimum atomic E-state index is 0.637. The van der Waals surface area contributed by atoms with Crippen LogP contribution in [0, 0.1) is 12.8 Å². The fourth-order valence-corrected chi connectivity index (χ4v) is 2.48. The van der Waals surface area contributed by atoms with Gasteiger partial charge < -0.3 is 10.3 Å². The zero-order valence-electron chi connectivity index (χ0n) is 10.4. The summed E-state index contributed by atoms with van der Waals surface area (Å²) in [5.74, 6) is 2.85. The Bertz CT molecular complexity index is 309. The van der Waals surface area contributed by atoms with Crippen molar-refractivity contribution in [3.8, 4) is 0 Å². The lowest BCUT2D eigenvalue weighted by molar-refractivity contribution is 0.578. The highest BCUT2D eigenvalue weighted by Crippen LogP contribution is 2.19. The summed E-state index contributed by atoms with van der Waals surface area (Å²) in [6.45, 7) is 7.93. The monoisotopic (exact) mass is 242 g/mol. The molecule has 92 valence electrons. The molecule has 2 N–H and O–H groups in total. The van der Waals surface area contributed by atoms with E-state index in [4.69, 9.17) is 5.73 Å². The molecule has 0 unspecified atom stereocenters. The first-order chi connectivity index (χ1) is 7.65. The molecule has 0 atom stereocenters. The van der Waals surface area contributed by atoms with Gasteiger partial charge in [0.25, 0.3) is 0 Å². The molecule has 1 aromatic heterocycles. The van der Waals surface area contributed by atoms with Gasteiger partial charge in [0.1, 0.15) is 5.82 Å². The molecule has 0 spiro atoms. The quantitative estimate of drug-likeness (QED) is 0.587. The van der Waals surface area contributed by atoms with Crippen LogP contribution in [-0.2, 0) is 6.54 Å². The van der Waals surface area contributed by atoms with Gasteiger partial charge in [-0.2, -0.15) is 0 Å². The van der Waals surface area contributed by atoms with Crippen LogP contribution < -0.4 is 5.73 Å². The molecule has 0 aliphatic rings. The van der Waals surface area contributed by atoms with Gasteiger partial charge in [0, 0.05) is 18.8 Å². The van der Waals surface area contributed by atoms with Crippen molar-refractivity contribution >= 4 is 11.8 Å². The van der Waals surface area contributed by atoms with Crippen molar-refractivity contribution in [2.45, 2.75) is 45.3 Å². The van der Waals surface area contributed by atoms with Crippen LogP contribution in [0.15, 0.2) is 5.16 Å². The van der Waals surface area contributed by atoms with Crippen LogP contribution in [0.2, 0.25) is 0 Å². The molecule has 4 nitrogen and oxygen atoms in total. The highest BCUT2D eigenvalue weighted by molar-refractivity contribution is 7.99. The molecule has 0 aromatic carbocycles. The Kier molecular flexibility index (Phi) is 5.84. The summed E-state index contributed by atoms with van der Waals surface area (Å²) in [5, 5.41) is 9.26. The van der Waals surface area contributed by atoms with Crippen LogP contribution in [0.5, 0.6) is 0 Å². The lowest BCUT2D eigenvalue weighted by Crippen LogP contribution is -2.12. The topological polar surface area (TPSA) is 56.7 Å². The van der Waals surface area contributed by atoms with E-state index >= 15 is 0 Å². The molecule has 0 aliphatic heterocycles. The average Bonchev–Trinajstić information content (AvgIpc) is 2.56. The van der Waals surface area contributed by atoms with Gasteiger partial charge in [-0.3, -0.25) is 0 Å². The van der Waals surface area contributed by atoms with Gasteiger partial charge in [-0.25, -0.2) is 0 Å².